The lowest BCUT2D eigenvalue weighted by molar-refractivity contribution is -0.274. The largest absolute Gasteiger partial charge is 0.573 e. The van der Waals surface area contributed by atoms with E-state index in [2.05, 4.69) is 10.1 Å². The number of sulfone groups is 1. The summed E-state index contributed by atoms with van der Waals surface area (Å²) < 4.78 is 65.5. The Balaban J connectivity index is 1.89. The van der Waals surface area contributed by atoms with E-state index in [1.54, 1.807) is 6.07 Å². The van der Waals surface area contributed by atoms with Gasteiger partial charge in [0.25, 0.3) is 0 Å². The van der Waals surface area contributed by atoms with E-state index in [1.165, 1.54) is 11.3 Å². The molecule has 23 heavy (non-hydrogen) atoms. The van der Waals surface area contributed by atoms with Crippen molar-refractivity contribution < 1.29 is 26.3 Å². The maximum atomic E-state index is 12.6. The molecule has 3 rings (SSSR count). The van der Waals surface area contributed by atoms with Crippen LogP contribution in [0, 0.1) is 0 Å². The fourth-order valence-electron chi connectivity index (χ4n) is 2.29. The van der Waals surface area contributed by atoms with Crippen LogP contribution in [0.5, 0.6) is 5.75 Å². The van der Waals surface area contributed by atoms with Gasteiger partial charge in [-0.15, -0.1) is 24.5 Å². The Morgan fingerprint density at radius 1 is 1.17 bits per heavy atom. The molecule has 1 aromatic heterocycles. The summed E-state index contributed by atoms with van der Waals surface area (Å²) in [7, 11) is -3.74. The van der Waals surface area contributed by atoms with E-state index in [-0.39, 0.29) is 9.10 Å². The predicted octanol–water partition coefficient (Wildman–Crippen LogP) is 3.13. The molecule has 2 heterocycles. The lowest BCUT2D eigenvalue weighted by atomic mass is 10.1. The zero-order valence-electron chi connectivity index (χ0n) is 11.7. The first-order valence-electron chi connectivity index (χ1n) is 6.69. The number of hydrogen-bond donors (Lipinski definition) is 1. The summed E-state index contributed by atoms with van der Waals surface area (Å²) in [5, 5.41) is 3.16. The number of nitrogens with one attached hydrogen (secondary N) is 1. The Kier molecular flexibility index (Phi) is 4.11. The highest BCUT2D eigenvalue weighted by Crippen LogP contribution is 2.33. The zero-order chi connectivity index (χ0) is 16.7. The second kappa shape index (κ2) is 5.81. The Labute approximate surface area is 134 Å². The number of hydrogen-bond acceptors (Lipinski definition) is 5. The highest BCUT2D eigenvalue weighted by molar-refractivity contribution is 7.93. The van der Waals surface area contributed by atoms with E-state index in [4.69, 9.17) is 0 Å². The van der Waals surface area contributed by atoms with Gasteiger partial charge in [-0.25, -0.2) is 8.42 Å². The third-order valence-electron chi connectivity index (χ3n) is 3.35. The standard InChI is InChI=1S/C14H12F3NO3S2/c15-14(16,17)21-10-1-3-11(4-2-10)23(19,20)13-7-9-8-18-6-5-12(9)22-13/h1-4,7,18H,5-6,8H2. The predicted molar refractivity (Wildman–Crippen MR) is 78.3 cm³/mol. The van der Waals surface area contributed by atoms with E-state index in [0.717, 1.165) is 47.7 Å². The minimum absolute atomic E-state index is 0.0569. The van der Waals surface area contributed by atoms with Crippen molar-refractivity contribution in [2.45, 2.75) is 28.4 Å². The summed E-state index contributed by atoms with van der Waals surface area (Å²) in [6.07, 6.45) is -4.03. The molecule has 1 aliphatic rings. The van der Waals surface area contributed by atoms with Crippen LogP contribution >= 0.6 is 11.3 Å². The molecule has 1 aliphatic heterocycles. The quantitative estimate of drug-likeness (QED) is 0.910. The van der Waals surface area contributed by atoms with Gasteiger partial charge in [-0.1, -0.05) is 0 Å². The maximum absolute atomic E-state index is 12.6. The van der Waals surface area contributed by atoms with Crippen molar-refractivity contribution >= 4 is 21.2 Å². The number of alkyl halides is 3. The topological polar surface area (TPSA) is 55.4 Å². The van der Waals surface area contributed by atoms with Crippen molar-refractivity contribution in [3.63, 3.8) is 0 Å². The smallest absolute Gasteiger partial charge is 0.406 e. The normalized spacial score (nSPS) is 15.3. The van der Waals surface area contributed by atoms with Gasteiger partial charge in [-0.2, -0.15) is 0 Å². The van der Waals surface area contributed by atoms with Gasteiger partial charge in [0, 0.05) is 18.0 Å². The molecule has 1 N–H and O–H groups in total. The third kappa shape index (κ3) is 3.51. The number of halogens is 3. The second-order valence-electron chi connectivity index (χ2n) is 4.96. The first-order chi connectivity index (χ1) is 10.8. The molecular weight excluding hydrogens is 351 g/mol. The van der Waals surface area contributed by atoms with Crippen LogP contribution in [-0.4, -0.2) is 21.3 Å². The zero-order valence-corrected chi connectivity index (χ0v) is 13.3. The van der Waals surface area contributed by atoms with Gasteiger partial charge >= 0.3 is 6.36 Å². The number of fused-ring (bicyclic) bond motifs is 1. The first-order valence-corrected chi connectivity index (χ1v) is 8.99. The van der Waals surface area contributed by atoms with Crippen LogP contribution in [0.15, 0.2) is 39.4 Å². The van der Waals surface area contributed by atoms with Crippen LogP contribution in [0.2, 0.25) is 0 Å². The Hall–Kier alpha value is -1.58. The molecule has 0 aliphatic carbocycles. The molecule has 0 unspecified atom stereocenters. The van der Waals surface area contributed by atoms with E-state index in [9.17, 15) is 21.6 Å². The highest BCUT2D eigenvalue weighted by Gasteiger charge is 2.31. The van der Waals surface area contributed by atoms with Crippen LogP contribution in [-0.2, 0) is 22.8 Å². The Morgan fingerprint density at radius 3 is 2.48 bits per heavy atom. The molecule has 0 saturated carbocycles. The minimum atomic E-state index is -4.81. The molecule has 0 fully saturated rings. The van der Waals surface area contributed by atoms with Crippen LogP contribution in [0.25, 0.3) is 0 Å². The summed E-state index contributed by atoms with van der Waals surface area (Å²) in [6.45, 7) is 1.43. The number of thiophene rings is 1. The molecule has 1 aromatic carbocycles. The first kappa shape index (κ1) is 16.3. The van der Waals surface area contributed by atoms with E-state index < -0.39 is 21.9 Å². The van der Waals surface area contributed by atoms with Gasteiger partial charge in [0.1, 0.15) is 9.96 Å². The van der Waals surface area contributed by atoms with Gasteiger partial charge < -0.3 is 10.1 Å². The molecule has 0 radical (unpaired) electrons. The number of rotatable bonds is 3. The summed E-state index contributed by atoms with van der Waals surface area (Å²) in [6, 6.07) is 5.85. The van der Waals surface area contributed by atoms with Gasteiger partial charge in [-0.05, 0) is 42.3 Å². The molecule has 124 valence electrons. The summed E-state index contributed by atoms with van der Waals surface area (Å²) in [4.78, 5) is 0.970. The summed E-state index contributed by atoms with van der Waals surface area (Å²) >= 11 is 1.21. The van der Waals surface area contributed by atoms with Gasteiger partial charge in [0.15, 0.2) is 0 Å². The summed E-state index contributed by atoms with van der Waals surface area (Å²) in [5.74, 6) is -0.453. The molecule has 0 amide bonds. The lowest BCUT2D eigenvalue weighted by Crippen LogP contribution is -2.21. The molecule has 0 saturated heterocycles. The molecule has 4 nitrogen and oxygen atoms in total. The molecule has 2 aromatic rings. The van der Waals surface area contributed by atoms with Crippen LogP contribution in [0.4, 0.5) is 13.2 Å². The second-order valence-corrected chi connectivity index (χ2v) is 8.28. The highest BCUT2D eigenvalue weighted by atomic mass is 32.2. The molecule has 0 bridgehead atoms. The van der Waals surface area contributed by atoms with Crippen molar-refractivity contribution in [3.05, 3.63) is 40.8 Å². The fraction of sp³-hybridized carbons (Fsp3) is 0.286. The van der Waals surface area contributed by atoms with E-state index in [1.807, 2.05) is 0 Å². The summed E-state index contributed by atoms with van der Waals surface area (Å²) in [5.41, 5.74) is 0.955. The van der Waals surface area contributed by atoms with Gasteiger partial charge in [-0.3, -0.25) is 0 Å². The lowest BCUT2D eigenvalue weighted by Gasteiger charge is -2.10. The third-order valence-corrected chi connectivity index (χ3v) is 6.83. The van der Waals surface area contributed by atoms with Crippen molar-refractivity contribution in [1.29, 1.82) is 0 Å². The van der Waals surface area contributed by atoms with Gasteiger partial charge in [0.2, 0.25) is 9.84 Å². The molecule has 0 spiro atoms. The average molecular weight is 363 g/mol. The van der Waals surface area contributed by atoms with E-state index in [0.29, 0.717) is 6.54 Å². The monoisotopic (exact) mass is 363 g/mol. The minimum Gasteiger partial charge on any atom is -0.406 e. The molecule has 0 atom stereocenters. The van der Waals surface area contributed by atoms with Crippen molar-refractivity contribution in [1.82, 2.24) is 5.32 Å². The van der Waals surface area contributed by atoms with Crippen molar-refractivity contribution in [2.75, 3.05) is 6.54 Å². The fourth-order valence-corrected chi connectivity index (χ4v) is 5.26. The van der Waals surface area contributed by atoms with Crippen molar-refractivity contribution in [2.24, 2.45) is 0 Å². The Bertz CT molecular complexity index is 787. The number of ether oxygens (including phenoxy) is 1. The SMILES string of the molecule is O=S(=O)(c1ccc(OC(F)(F)F)cc1)c1cc2c(s1)CCNC2. The molecule has 9 heteroatoms. The Morgan fingerprint density at radius 2 is 1.87 bits per heavy atom. The molecular formula is C14H12F3NO3S2. The van der Waals surface area contributed by atoms with Crippen LogP contribution < -0.4 is 10.1 Å². The average Bonchev–Trinajstić information content (AvgIpc) is 2.91. The van der Waals surface area contributed by atoms with Crippen molar-refractivity contribution in [3.8, 4) is 5.75 Å². The number of benzene rings is 1. The maximum Gasteiger partial charge on any atom is 0.573 e. The van der Waals surface area contributed by atoms with Crippen LogP contribution in [0.1, 0.15) is 10.4 Å². The van der Waals surface area contributed by atoms with Gasteiger partial charge in [0.05, 0.1) is 4.90 Å². The van der Waals surface area contributed by atoms with E-state index >= 15 is 0 Å². The van der Waals surface area contributed by atoms with Crippen LogP contribution in [0.3, 0.4) is 0 Å².